The van der Waals surface area contributed by atoms with Crippen LogP contribution in [0.2, 0.25) is 0 Å². The van der Waals surface area contributed by atoms with Gasteiger partial charge >= 0.3 is 0 Å². The third-order valence-corrected chi connectivity index (χ3v) is 2.67. The number of ketones is 1. The minimum atomic E-state index is -0.848. The van der Waals surface area contributed by atoms with Crippen LogP contribution in [0.1, 0.15) is 26.7 Å². The number of ether oxygens (including phenoxy) is 2. The molecule has 3 atom stereocenters. The van der Waals surface area contributed by atoms with Crippen molar-refractivity contribution in [1.82, 2.24) is 0 Å². The summed E-state index contributed by atoms with van der Waals surface area (Å²) in [6, 6.07) is 0. The highest BCUT2D eigenvalue weighted by atomic mass is 16.7. The van der Waals surface area contributed by atoms with Crippen molar-refractivity contribution in [2.24, 2.45) is 5.92 Å². The molecule has 2 fully saturated rings. The van der Waals surface area contributed by atoms with Gasteiger partial charge in [0.1, 0.15) is 0 Å². The molecule has 0 aromatic heterocycles. The Hall–Kier alpha value is -0.410. The summed E-state index contributed by atoms with van der Waals surface area (Å²) >= 11 is 0. The molecular formula is C9H14O3. The van der Waals surface area contributed by atoms with E-state index in [4.69, 9.17) is 9.47 Å². The lowest BCUT2D eigenvalue weighted by atomic mass is 10.1. The van der Waals surface area contributed by atoms with E-state index in [-0.39, 0.29) is 17.8 Å². The standard InChI is InChI=1S/C9H14O3/c1-6-3-4-9(8(6)10)11-5-7(2)12-9/h6-7H,3-5H2,1-2H3. The molecule has 1 aliphatic carbocycles. The van der Waals surface area contributed by atoms with Crippen molar-refractivity contribution in [3.8, 4) is 0 Å². The van der Waals surface area contributed by atoms with Gasteiger partial charge in [0.25, 0.3) is 0 Å². The predicted octanol–water partition coefficient (Wildman–Crippen LogP) is 1.12. The summed E-state index contributed by atoms with van der Waals surface area (Å²) in [5, 5.41) is 0. The summed E-state index contributed by atoms with van der Waals surface area (Å²) in [6.45, 7) is 4.43. The maximum atomic E-state index is 11.6. The molecule has 2 aliphatic rings. The summed E-state index contributed by atoms with van der Waals surface area (Å²) in [5.74, 6) is -0.610. The van der Waals surface area contributed by atoms with E-state index in [1.165, 1.54) is 0 Å². The quantitative estimate of drug-likeness (QED) is 0.546. The van der Waals surface area contributed by atoms with Crippen LogP contribution in [0.25, 0.3) is 0 Å². The van der Waals surface area contributed by atoms with Crippen LogP contribution in [0.5, 0.6) is 0 Å². The number of Topliss-reactive ketones (excluding diaryl/α,β-unsaturated/α-hetero) is 1. The van der Waals surface area contributed by atoms with E-state index in [1.54, 1.807) is 0 Å². The van der Waals surface area contributed by atoms with Gasteiger partial charge in [0, 0.05) is 12.3 Å². The summed E-state index contributed by atoms with van der Waals surface area (Å²) < 4.78 is 10.9. The van der Waals surface area contributed by atoms with E-state index in [0.29, 0.717) is 6.61 Å². The average Bonchev–Trinajstić information content (AvgIpc) is 2.53. The van der Waals surface area contributed by atoms with Gasteiger partial charge in [0.15, 0.2) is 5.78 Å². The molecule has 1 heterocycles. The highest BCUT2D eigenvalue weighted by Gasteiger charge is 2.52. The van der Waals surface area contributed by atoms with Crippen molar-refractivity contribution in [3.63, 3.8) is 0 Å². The lowest BCUT2D eigenvalue weighted by Crippen LogP contribution is -2.37. The molecule has 1 saturated heterocycles. The summed E-state index contributed by atoms with van der Waals surface area (Å²) in [4.78, 5) is 11.6. The Balaban J connectivity index is 2.18. The molecule has 0 aromatic carbocycles. The Morgan fingerprint density at radius 2 is 2.25 bits per heavy atom. The van der Waals surface area contributed by atoms with E-state index in [0.717, 1.165) is 12.8 Å². The molecule has 1 aliphatic heterocycles. The molecule has 3 heteroatoms. The fraction of sp³-hybridized carbons (Fsp3) is 0.889. The Labute approximate surface area is 72.0 Å². The largest absolute Gasteiger partial charge is 0.341 e. The molecule has 2 rings (SSSR count). The van der Waals surface area contributed by atoms with Gasteiger partial charge in [-0.3, -0.25) is 4.79 Å². The molecule has 1 spiro atoms. The number of rotatable bonds is 0. The number of hydrogen-bond donors (Lipinski definition) is 0. The van der Waals surface area contributed by atoms with Crippen molar-refractivity contribution in [1.29, 1.82) is 0 Å². The SMILES string of the molecule is CC1COC2(CCC(C)C2=O)O1. The molecule has 0 bridgehead atoms. The minimum absolute atomic E-state index is 0.0687. The van der Waals surface area contributed by atoms with Crippen molar-refractivity contribution in [3.05, 3.63) is 0 Å². The van der Waals surface area contributed by atoms with Crippen LogP contribution in [0.4, 0.5) is 0 Å². The number of hydrogen-bond acceptors (Lipinski definition) is 3. The summed E-state index contributed by atoms with van der Waals surface area (Å²) in [5.41, 5.74) is 0. The van der Waals surface area contributed by atoms with Crippen LogP contribution in [-0.2, 0) is 14.3 Å². The zero-order valence-electron chi connectivity index (χ0n) is 7.50. The van der Waals surface area contributed by atoms with Crippen LogP contribution in [-0.4, -0.2) is 24.3 Å². The van der Waals surface area contributed by atoms with Crippen LogP contribution >= 0.6 is 0 Å². The second-order valence-corrected chi connectivity index (χ2v) is 3.80. The van der Waals surface area contributed by atoms with Crippen LogP contribution in [0.15, 0.2) is 0 Å². The minimum Gasteiger partial charge on any atom is -0.341 e. The van der Waals surface area contributed by atoms with Gasteiger partial charge in [-0.15, -0.1) is 0 Å². The van der Waals surface area contributed by atoms with E-state index in [9.17, 15) is 4.79 Å². The Kier molecular flexibility index (Phi) is 1.73. The number of carbonyl (C=O) groups is 1. The highest BCUT2D eigenvalue weighted by Crippen LogP contribution is 2.39. The fourth-order valence-electron chi connectivity index (χ4n) is 1.94. The first-order valence-electron chi connectivity index (χ1n) is 4.50. The molecule has 0 N–H and O–H groups in total. The third kappa shape index (κ3) is 1.00. The zero-order valence-corrected chi connectivity index (χ0v) is 7.50. The van der Waals surface area contributed by atoms with E-state index >= 15 is 0 Å². The maximum Gasteiger partial charge on any atom is 0.229 e. The monoisotopic (exact) mass is 170 g/mol. The van der Waals surface area contributed by atoms with Crippen LogP contribution in [0.3, 0.4) is 0 Å². The molecule has 68 valence electrons. The van der Waals surface area contributed by atoms with Crippen molar-refractivity contribution in [2.75, 3.05) is 6.61 Å². The molecule has 0 radical (unpaired) electrons. The number of carbonyl (C=O) groups excluding carboxylic acids is 1. The van der Waals surface area contributed by atoms with Gasteiger partial charge in [-0.2, -0.15) is 0 Å². The third-order valence-electron chi connectivity index (χ3n) is 2.67. The lowest BCUT2D eigenvalue weighted by molar-refractivity contribution is -0.179. The van der Waals surface area contributed by atoms with E-state index in [2.05, 4.69) is 0 Å². The van der Waals surface area contributed by atoms with Gasteiger partial charge in [-0.1, -0.05) is 6.92 Å². The van der Waals surface area contributed by atoms with Gasteiger partial charge in [-0.25, -0.2) is 0 Å². The second kappa shape index (κ2) is 2.54. The Bertz CT molecular complexity index is 210. The van der Waals surface area contributed by atoms with Crippen molar-refractivity contribution < 1.29 is 14.3 Å². The molecule has 0 aromatic rings. The summed E-state index contributed by atoms with van der Waals surface area (Å²) in [7, 11) is 0. The maximum absolute atomic E-state index is 11.6. The predicted molar refractivity (Wildman–Crippen MR) is 42.6 cm³/mol. The highest BCUT2D eigenvalue weighted by molar-refractivity contribution is 5.90. The normalized spacial score (nSPS) is 47.7. The molecule has 3 nitrogen and oxygen atoms in total. The Morgan fingerprint density at radius 3 is 2.67 bits per heavy atom. The van der Waals surface area contributed by atoms with E-state index in [1.807, 2.05) is 13.8 Å². The topological polar surface area (TPSA) is 35.5 Å². The molecule has 0 amide bonds. The molecular weight excluding hydrogens is 156 g/mol. The van der Waals surface area contributed by atoms with Gasteiger partial charge < -0.3 is 9.47 Å². The lowest BCUT2D eigenvalue weighted by Gasteiger charge is -2.19. The Morgan fingerprint density at radius 1 is 1.50 bits per heavy atom. The van der Waals surface area contributed by atoms with Gasteiger partial charge in [-0.05, 0) is 13.3 Å². The van der Waals surface area contributed by atoms with E-state index < -0.39 is 5.79 Å². The van der Waals surface area contributed by atoms with Gasteiger partial charge in [0.05, 0.1) is 12.7 Å². The zero-order chi connectivity index (χ0) is 8.77. The average molecular weight is 170 g/mol. The van der Waals surface area contributed by atoms with Gasteiger partial charge in [0.2, 0.25) is 5.79 Å². The molecule has 3 unspecified atom stereocenters. The smallest absolute Gasteiger partial charge is 0.229 e. The second-order valence-electron chi connectivity index (χ2n) is 3.80. The summed E-state index contributed by atoms with van der Waals surface area (Å²) in [6.07, 6.45) is 1.70. The first kappa shape index (κ1) is 8.20. The first-order valence-corrected chi connectivity index (χ1v) is 4.50. The van der Waals surface area contributed by atoms with Crippen LogP contribution in [0, 0.1) is 5.92 Å². The van der Waals surface area contributed by atoms with Crippen molar-refractivity contribution in [2.45, 2.75) is 38.6 Å². The first-order chi connectivity index (χ1) is 5.64. The molecule has 1 saturated carbocycles. The fourth-order valence-corrected chi connectivity index (χ4v) is 1.94. The van der Waals surface area contributed by atoms with Crippen LogP contribution < -0.4 is 0 Å². The molecule has 12 heavy (non-hydrogen) atoms. The van der Waals surface area contributed by atoms with Crippen molar-refractivity contribution >= 4 is 5.78 Å².